The second-order valence-corrected chi connectivity index (χ2v) is 9.78. The Morgan fingerprint density at radius 3 is 2.62 bits per heavy atom. The third kappa shape index (κ3) is 3.27. The third-order valence-corrected chi connectivity index (χ3v) is 7.24. The number of primary sulfonamides is 1. The summed E-state index contributed by atoms with van der Waals surface area (Å²) in [5.41, 5.74) is 6.05. The molecule has 1 aromatic heterocycles. The van der Waals surface area contributed by atoms with E-state index >= 15 is 0 Å². The van der Waals surface area contributed by atoms with E-state index in [1.807, 2.05) is 11.4 Å². The van der Waals surface area contributed by atoms with E-state index in [2.05, 4.69) is 22.6 Å². The van der Waals surface area contributed by atoms with Crippen LogP contribution in [0.1, 0.15) is 16.7 Å². The molecule has 2 heterocycles. The van der Waals surface area contributed by atoms with Crippen LogP contribution in [0.2, 0.25) is 0 Å². The van der Waals surface area contributed by atoms with Crippen molar-refractivity contribution in [2.45, 2.75) is 24.2 Å². The lowest BCUT2D eigenvalue weighted by atomic mass is 10.0. The van der Waals surface area contributed by atoms with Crippen molar-refractivity contribution < 1.29 is 13.2 Å². The van der Waals surface area contributed by atoms with E-state index in [1.54, 1.807) is 11.0 Å². The summed E-state index contributed by atoms with van der Waals surface area (Å²) in [6, 6.07) is 13.1. The number of anilines is 1. The molecule has 0 saturated carbocycles. The number of nitrogens with two attached hydrogens (primary N) is 1. The highest BCUT2D eigenvalue weighted by Crippen LogP contribution is 2.36. The van der Waals surface area contributed by atoms with Crippen molar-refractivity contribution in [1.82, 2.24) is 4.37 Å². The van der Waals surface area contributed by atoms with Gasteiger partial charge in [-0.2, -0.15) is 4.37 Å². The first-order valence-electron chi connectivity index (χ1n) is 9.40. The van der Waals surface area contributed by atoms with Crippen LogP contribution in [0, 0.1) is 5.92 Å². The van der Waals surface area contributed by atoms with Gasteiger partial charge in [0.25, 0.3) is 0 Å². The standard InChI is InChI=1S/C21H19N3O3S2/c22-29(26,27)18-4-3-13-5-7-24(20(13)12-18)21(25)17-9-14-1-2-15(10-16(14)11-17)19-6-8-28-23-19/h1-4,6,8,10,12,17H,5,7,9,11H2,(H2,22,26,27). The van der Waals surface area contributed by atoms with E-state index in [4.69, 9.17) is 5.14 Å². The Balaban J connectivity index is 1.40. The number of hydrogen-bond donors (Lipinski definition) is 1. The van der Waals surface area contributed by atoms with Gasteiger partial charge in [0.1, 0.15) is 0 Å². The first-order chi connectivity index (χ1) is 13.9. The van der Waals surface area contributed by atoms with Gasteiger partial charge in [0.05, 0.1) is 10.6 Å². The highest BCUT2D eigenvalue weighted by Gasteiger charge is 2.34. The van der Waals surface area contributed by atoms with Crippen LogP contribution in [0.15, 0.2) is 52.7 Å². The average Bonchev–Trinajstić information content (AvgIpc) is 3.44. The Morgan fingerprint density at radius 1 is 1.07 bits per heavy atom. The molecule has 2 aliphatic rings. The third-order valence-electron chi connectivity index (χ3n) is 5.77. The number of hydrogen-bond acceptors (Lipinski definition) is 5. The summed E-state index contributed by atoms with van der Waals surface area (Å²) in [6.07, 6.45) is 2.11. The summed E-state index contributed by atoms with van der Waals surface area (Å²) < 4.78 is 27.8. The van der Waals surface area contributed by atoms with E-state index in [-0.39, 0.29) is 16.7 Å². The van der Waals surface area contributed by atoms with Gasteiger partial charge in [-0.1, -0.05) is 18.2 Å². The predicted octanol–water partition coefficient (Wildman–Crippen LogP) is 2.76. The highest BCUT2D eigenvalue weighted by molar-refractivity contribution is 7.89. The maximum atomic E-state index is 13.3. The molecule has 148 valence electrons. The van der Waals surface area contributed by atoms with Crippen LogP contribution in [0.4, 0.5) is 5.69 Å². The second kappa shape index (κ2) is 6.76. The van der Waals surface area contributed by atoms with E-state index < -0.39 is 10.0 Å². The molecule has 8 heteroatoms. The molecular weight excluding hydrogens is 406 g/mol. The fourth-order valence-corrected chi connectivity index (χ4v) is 5.36. The van der Waals surface area contributed by atoms with Crippen LogP contribution in [-0.4, -0.2) is 25.2 Å². The minimum Gasteiger partial charge on any atom is -0.312 e. The van der Waals surface area contributed by atoms with Gasteiger partial charge in [0.2, 0.25) is 15.9 Å². The average molecular weight is 426 g/mol. The SMILES string of the molecule is NS(=O)(=O)c1ccc2c(c1)N(C(=O)C1Cc3ccc(-c4ccsn4)cc3C1)CC2. The van der Waals surface area contributed by atoms with Crippen LogP contribution in [0.25, 0.3) is 11.3 Å². The van der Waals surface area contributed by atoms with Gasteiger partial charge in [-0.3, -0.25) is 4.79 Å². The first kappa shape index (κ1) is 18.5. The minimum atomic E-state index is -3.81. The Kier molecular flexibility index (Phi) is 4.31. The number of aromatic nitrogens is 1. The Bertz CT molecular complexity index is 1220. The molecule has 2 aromatic carbocycles. The number of benzene rings is 2. The Hall–Kier alpha value is -2.55. The summed E-state index contributed by atoms with van der Waals surface area (Å²) in [6.45, 7) is 0.569. The van der Waals surface area contributed by atoms with Crippen molar-refractivity contribution in [3.63, 3.8) is 0 Å². The van der Waals surface area contributed by atoms with Gasteiger partial charge in [-0.15, -0.1) is 0 Å². The van der Waals surface area contributed by atoms with Crippen molar-refractivity contribution in [1.29, 1.82) is 0 Å². The van der Waals surface area contributed by atoms with E-state index in [9.17, 15) is 13.2 Å². The smallest absolute Gasteiger partial charge is 0.238 e. The van der Waals surface area contributed by atoms with Crippen LogP contribution in [0.5, 0.6) is 0 Å². The van der Waals surface area contributed by atoms with Gasteiger partial charge in [0.15, 0.2) is 0 Å². The normalized spacial score (nSPS) is 18.0. The van der Waals surface area contributed by atoms with Crippen molar-refractivity contribution in [2.24, 2.45) is 11.1 Å². The second-order valence-electron chi connectivity index (χ2n) is 7.55. The molecule has 1 amide bonds. The van der Waals surface area contributed by atoms with Gasteiger partial charge in [-0.05, 0) is 71.8 Å². The highest BCUT2D eigenvalue weighted by atomic mass is 32.2. The summed E-state index contributed by atoms with van der Waals surface area (Å²) in [5.74, 6) is -0.0958. The monoisotopic (exact) mass is 425 g/mol. The molecule has 0 spiro atoms. The zero-order valence-electron chi connectivity index (χ0n) is 15.5. The van der Waals surface area contributed by atoms with Gasteiger partial charge < -0.3 is 4.90 Å². The maximum Gasteiger partial charge on any atom is 0.238 e. The van der Waals surface area contributed by atoms with E-state index in [0.717, 1.165) is 23.2 Å². The van der Waals surface area contributed by atoms with Crippen molar-refractivity contribution in [2.75, 3.05) is 11.4 Å². The molecule has 2 N–H and O–H groups in total. The molecule has 1 atom stereocenters. The number of sulfonamides is 1. The minimum absolute atomic E-state index is 0.0403. The lowest BCUT2D eigenvalue weighted by molar-refractivity contribution is -0.122. The van der Waals surface area contributed by atoms with Gasteiger partial charge in [0, 0.05) is 29.1 Å². The van der Waals surface area contributed by atoms with Crippen LogP contribution >= 0.6 is 11.5 Å². The number of carbonyl (C=O) groups excluding carboxylic acids is 1. The zero-order chi connectivity index (χ0) is 20.2. The number of rotatable bonds is 3. The number of carbonyl (C=O) groups is 1. The van der Waals surface area contributed by atoms with E-state index in [1.165, 1.54) is 34.8 Å². The lowest BCUT2D eigenvalue weighted by Crippen LogP contribution is -2.35. The molecule has 0 radical (unpaired) electrons. The van der Waals surface area contributed by atoms with Gasteiger partial charge in [-0.25, -0.2) is 13.6 Å². The fourth-order valence-electron chi connectivity index (χ4n) is 4.30. The summed E-state index contributed by atoms with van der Waals surface area (Å²) in [7, 11) is -3.81. The Morgan fingerprint density at radius 2 is 1.86 bits per heavy atom. The maximum absolute atomic E-state index is 13.3. The fraction of sp³-hybridized carbons (Fsp3) is 0.238. The van der Waals surface area contributed by atoms with E-state index in [0.29, 0.717) is 25.1 Å². The number of nitrogens with zero attached hydrogens (tertiary/aromatic N) is 2. The molecule has 0 fully saturated rings. The molecule has 0 bridgehead atoms. The molecule has 5 rings (SSSR count). The molecule has 1 aliphatic heterocycles. The largest absolute Gasteiger partial charge is 0.312 e. The van der Waals surface area contributed by atoms with Crippen molar-refractivity contribution >= 4 is 33.2 Å². The molecular formula is C21H19N3O3S2. The summed E-state index contributed by atoms with van der Waals surface area (Å²) in [4.78, 5) is 15.1. The van der Waals surface area contributed by atoms with Crippen molar-refractivity contribution in [3.05, 3.63) is 64.5 Å². The zero-order valence-corrected chi connectivity index (χ0v) is 17.2. The first-order valence-corrected chi connectivity index (χ1v) is 11.8. The predicted molar refractivity (Wildman–Crippen MR) is 112 cm³/mol. The molecule has 3 aromatic rings. The molecule has 29 heavy (non-hydrogen) atoms. The number of fused-ring (bicyclic) bond motifs is 2. The summed E-state index contributed by atoms with van der Waals surface area (Å²) >= 11 is 1.42. The van der Waals surface area contributed by atoms with Crippen molar-refractivity contribution in [3.8, 4) is 11.3 Å². The van der Waals surface area contributed by atoms with Gasteiger partial charge >= 0.3 is 0 Å². The lowest BCUT2D eigenvalue weighted by Gasteiger charge is -2.21. The topological polar surface area (TPSA) is 93.4 Å². The summed E-state index contributed by atoms with van der Waals surface area (Å²) in [5, 5.41) is 7.22. The molecule has 1 aliphatic carbocycles. The van der Waals surface area contributed by atoms with Crippen LogP contribution in [0.3, 0.4) is 0 Å². The molecule has 1 unspecified atom stereocenters. The number of amides is 1. The van der Waals surface area contributed by atoms with Crippen LogP contribution < -0.4 is 10.0 Å². The Labute approximate surface area is 173 Å². The molecule has 6 nitrogen and oxygen atoms in total. The quantitative estimate of drug-likeness (QED) is 0.698. The van der Waals surface area contributed by atoms with Crippen LogP contribution in [-0.2, 0) is 34.1 Å². The molecule has 0 saturated heterocycles.